The van der Waals surface area contributed by atoms with Crippen molar-refractivity contribution in [1.82, 2.24) is 29.9 Å². The highest BCUT2D eigenvalue weighted by Gasteiger charge is 2.13. The zero-order valence-electron chi connectivity index (χ0n) is 26.8. The van der Waals surface area contributed by atoms with Crippen molar-refractivity contribution in [1.29, 1.82) is 0 Å². The van der Waals surface area contributed by atoms with Crippen molar-refractivity contribution in [2.45, 2.75) is 0 Å². The smallest absolute Gasteiger partial charge is 0.164 e. The van der Waals surface area contributed by atoms with E-state index in [0.29, 0.717) is 17.5 Å². The van der Waals surface area contributed by atoms with Gasteiger partial charge in [0.2, 0.25) is 0 Å². The van der Waals surface area contributed by atoms with Crippen LogP contribution in [0.25, 0.3) is 89.7 Å². The Morgan fingerprint density at radius 1 is 0.280 bits per heavy atom. The largest absolute Gasteiger partial charge is 0.255 e. The SMILES string of the molecule is c1ccc(-c2nc(-c3ccccc3)nc(-c3ccc(-c4ccc5ccc(-c6ccc7ccc(-c8ccccn8)nc7c6)nc5c4)cc3)n2)cc1. The van der Waals surface area contributed by atoms with Crippen LogP contribution in [0.3, 0.4) is 0 Å². The van der Waals surface area contributed by atoms with E-state index in [-0.39, 0.29) is 0 Å². The number of benzene rings is 5. The summed E-state index contributed by atoms with van der Waals surface area (Å²) in [6.07, 6.45) is 1.79. The van der Waals surface area contributed by atoms with Gasteiger partial charge in [0.05, 0.1) is 28.1 Å². The van der Waals surface area contributed by atoms with Crippen LogP contribution in [0.2, 0.25) is 0 Å². The molecular formula is C44H28N6. The summed E-state index contributed by atoms with van der Waals surface area (Å²) in [4.78, 5) is 29.1. The fourth-order valence-corrected chi connectivity index (χ4v) is 6.14. The third-order valence-electron chi connectivity index (χ3n) is 8.78. The van der Waals surface area contributed by atoms with Crippen molar-refractivity contribution >= 4 is 21.8 Å². The standard InChI is InChI=1S/C44H28N6/c1-3-9-32(10-4-1)42-48-43(33-11-5-2-6-12-33)50-44(49-42)34-18-14-29(15-19-34)35-20-16-30-22-24-37(46-40(30)27-35)36-21-17-31-23-25-39(47-41(31)28-36)38-13-7-8-26-45-38/h1-28H. The van der Waals surface area contributed by atoms with Gasteiger partial charge >= 0.3 is 0 Å². The molecule has 9 aromatic rings. The minimum atomic E-state index is 0.631. The van der Waals surface area contributed by atoms with Crippen LogP contribution in [-0.2, 0) is 0 Å². The van der Waals surface area contributed by atoms with Gasteiger partial charge in [-0.05, 0) is 47.5 Å². The molecule has 0 amide bonds. The summed E-state index contributed by atoms with van der Waals surface area (Å²) in [5.41, 5.74) is 10.4. The normalized spacial score (nSPS) is 11.2. The van der Waals surface area contributed by atoms with Gasteiger partial charge in [-0.15, -0.1) is 0 Å². The van der Waals surface area contributed by atoms with Gasteiger partial charge < -0.3 is 0 Å². The van der Waals surface area contributed by atoms with E-state index in [4.69, 9.17) is 24.9 Å². The Bertz CT molecular complexity index is 2570. The van der Waals surface area contributed by atoms with Crippen molar-refractivity contribution in [3.8, 4) is 67.9 Å². The van der Waals surface area contributed by atoms with E-state index in [1.807, 2.05) is 84.9 Å². The number of hydrogen-bond acceptors (Lipinski definition) is 6. The van der Waals surface area contributed by atoms with Gasteiger partial charge in [-0.25, -0.2) is 24.9 Å². The molecule has 0 radical (unpaired) electrons. The van der Waals surface area contributed by atoms with Crippen LogP contribution in [0, 0.1) is 0 Å². The van der Waals surface area contributed by atoms with Gasteiger partial charge in [0.15, 0.2) is 17.5 Å². The summed E-state index contributed by atoms with van der Waals surface area (Å²) < 4.78 is 0. The Labute approximate surface area is 288 Å². The van der Waals surface area contributed by atoms with Crippen molar-refractivity contribution in [2.24, 2.45) is 0 Å². The minimum absolute atomic E-state index is 0.631. The topological polar surface area (TPSA) is 77.3 Å². The lowest BCUT2D eigenvalue weighted by Gasteiger charge is -2.10. The fourth-order valence-electron chi connectivity index (χ4n) is 6.14. The molecule has 5 aromatic carbocycles. The number of pyridine rings is 3. The van der Waals surface area contributed by atoms with E-state index < -0.39 is 0 Å². The highest BCUT2D eigenvalue weighted by atomic mass is 15.0. The van der Waals surface area contributed by atoms with Gasteiger partial charge in [0.1, 0.15) is 0 Å². The Kier molecular flexibility index (Phi) is 7.37. The zero-order chi connectivity index (χ0) is 33.3. The summed E-state index contributed by atoms with van der Waals surface area (Å²) in [5, 5.41) is 2.15. The van der Waals surface area contributed by atoms with Crippen molar-refractivity contribution < 1.29 is 0 Å². The van der Waals surface area contributed by atoms with E-state index in [1.54, 1.807) is 6.20 Å². The highest BCUT2D eigenvalue weighted by Crippen LogP contribution is 2.30. The predicted octanol–water partition coefficient (Wildman–Crippen LogP) is 10.4. The van der Waals surface area contributed by atoms with Crippen molar-refractivity contribution in [2.75, 3.05) is 0 Å². The van der Waals surface area contributed by atoms with Crippen molar-refractivity contribution in [3.05, 3.63) is 170 Å². The summed E-state index contributed by atoms with van der Waals surface area (Å²) in [6.45, 7) is 0. The second-order valence-corrected chi connectivity index (χ2v) is 12.0. The average Bonchev–Trinajstić information content (AvgIpc) is 3.21. The van der Waals surface area contributed by atoms with Crippen LogP contribution < -0.4 is 0 Å². The summed E-state index contributed by atoms with van der Waals surface area (Å²) in [5.74, 6) is 1.92. The summed E-state index contributed by atoms with van der Waals surface area (Å²) in [6, 6.07) is 55.3. The molecule has 0 spiro atoms. The minimum Gasteiger partial charge on any atom is -0.255 e. The number of fused-ring (bicyclic) bond motifs is 2. The number of aromatic nitrogens is 6. The Hall–Kier alpha value is -6.92. The van der Waals surface area contributed by atoms with Gasteiger partial charge in [-0.1, -0.05) is 127 Å². The van der Waals surface area contributed by atoms with Crippen LogP contribution in [-0.4, -0.2) is 29.9 Å². The lowest BCUT2D eigenvalue weighted by molar-refractivity contribution is 1.07. The quantitative estimate of drug-likeness (QED) is 0.180. The Morgan fingerprint density at radius 2 is 0.740 bits per heavy atom. The first-order chi connectivity index (χ1) is 24.7. The van der Waals surface area contributed by atoms with Gasteiger partial charge in [-0.3, -0.25) is 4.98 Å². The molecule has 0 aliphatic carbocycles. The second kappa shape index (κ2) is 12.6. The Balaban J connectivity index is 1.04. The second-order valence-electron chi connectivity index (χ2n) is 12.0. The number of hydrogen-bond donors (Lipinski definition) is 0. The molecule has 0 atom stereocenters. The van der Waals surface area contributed by atoms with Crippen LogP contribution >= 0.6 is 0 Å². The molecule has 50 heavy (non-hydrogen) atoms. The molecule has 0 N–H and O–H groups in total. The van der Waals surface area contributed by atoms with E-state index in [0.717, 1.165) is 72.3 Å². The lowest BCUT2D eigenvalue weighted by atomic mass is 10.0. The molecule has 4 heterocycles. The number of rotatable bonds is 6. The lowest BCUT2D eigenvalue weighted by Crippen LogP contribution is -2.00. The molecule has 0 saturated heterocycles. The highest BCUT2D eigenvalue weighted by molar-refractivity contribution is 5.89. The van der Waals surface area contributed by atoms with E-state index >= 15 is 0 Å². The molecular weight excluding hydrogens is 613 g/mol. The molecule has 4 aromatic heterocycles. The van der Waals surface area contributed by atoms with E-state index in [9.17, 15) is 0 Å². The third-order valence-corrected chi connectivity index (χ3v) is 8.78. The molecule has 0 saturated carbocycles. The first-order valence-electron chi connectivity index (χ1n) is 16.4. The van der Waals surface area contributed by atoms with Crippen LogP contribution in [0.5, 0.6) is 0 Å². The fraction of sp³-hybridized carbons (Fsp3) is 0. The zero-order valence-corrected chi connectivity index (χ0v) is 26.8. The predicted molar refractivity (Wildman–Crippen MR) is 201 cm³/mol. The maximum atomic E-state index is 5.09. The first kappa shape index (κ1) is 29.2. The van der Waals surface area contributed by atoms with Gasteiger partial charge in [0.25, 0.3) is 0 Å². The maximum Gasteiger partial charge on any atom is 0.164 e. The van der Waals surface area contributed by atoms with Crippen LogP contribution in [0.4, 0.5) is 0 Å². The summed E-state index contributed by atoms with van der Waals surface area (Å²) >= 11 is 0. The molecule has 234 valence electrons. The van der Waals surface area contributed by atoms with Crippen LogP contribution in [0.1, 0.15) is 0 Å². The van der Waals surface area contributed by atoms with Gasteiger partial charge in [0, 0.05) is 39.2 Å². The molecule has 9 rings (SSSR count). The molecule has 0 bridgehead atoms. The maximum absolute atomic E-state index is 5.09. The van der Waals surface area contributed by atoms with Crippen molar-refractivity contribution in [3.63, 3.8) is 0 Å². The first-order valence-corrected chi connectivity index (χ1v) is 16.4. The molecule has 0 unspecified atom stereocenters. The average molecular weight is 641 g/mol. The van der Waals surface area contributed by atoms with Gasteiger partial charge in [-0.2, -0.15) is 0 Å². The molecule has 0 aliphatic heterocycles. The summed E-state index contributed by atoms with van der Waals surface area (Å²) in [7, 11) is 0. The Morgan fingerprint density at radius 3 is 1.34 bits per heavy atom. The molecule has 6 heteroatoms. The third kappa shape index (κ3) is 5.76. The monoisotopic (exact) mass is 640 g/mol. The number of nitrogens with zero attached hydrogens (tertiary/aromatic N) is 6. The molecule has 0 fully saturated rings. The molecule has 0 aliphatic rings. The van der Waals surface area contributed by atoms with E-state index in [2.05, 4.69) is 83.8 Å². The van der Waals surface area contributed by atoms with Crippen LogP contribution in [0.15, 0.2) is 170 Å². The van der Waals surface area contributed by atoms with E-state index in [1.165, 1.54) is 0 Å². The molecule has 6 nitrogen and oxygen atoms in total.